The van der Waals surface area contributed by atoms with E-state index in [2.05, 4.69) is 11.4 Å². The molecule has 1 aromatic rings. The molecule has 2 amide bonds. The van der Waals surface area contributed by atoms with Crippen LogP contribution in [0.25, 0.3) is 0 Å². The normalized spacial score (nSPS) is 23.7. The van der Waals surface area contributed by atoms with Crippen molar-refractivity contribution in [2.75, 3.05) is 33.8 Å². The van der Waals surface area contributed by atoms with E-state index in [1.165, 1.54) is 0 Å². The van der Waals surface area contributed by atoms with E-state index in [1.807, 2.05) is 35.0 Å². The summed E-state index contributed by atoms with van der Waals surface area (Å²) in [6.07, 6.45) is 0. The Labute approximate surface area is 113 Å². The predicted molar refractivity (Wildman–Crippen MR) is 72.3 cm³/mol. The van der Waals surface area contributed by atoms with Gasteiger partial charge in [-0.05, 0) is 17.7 Å². The number of carbonyl (C=O) groups excluding carboxylic acids is 1. The molecule has 0 saturated carbocycles. The van der Waals surface area contributed by atoms with Gasteiger partial charge in [0.25, 0.3) is 0 Å². The zero-order valence-corrected chi connectivity index (χ0v) is 11.3. The molecule has 3 rings (SSSR count). The van der Waals surface area contributed by atoms with Crippen LogP contribution in [0.5, 0.6) is 5.75 Å². The summed E-state index contributed by atoms with van der Waals surface area (Å²) in [5, 5.41) is 3.21. The summed E-state index contributed by atoms with van der Waals surface area (Å²) in [6.45, 7) is 2.57. The molecular formula is C14H19N3O2. The van der Waals surface area contributed by atoms with Gasteiger partial charge in [-0.1, -0.05) is 12.1 Å². The van der Waals surface area contributed by atoms with Crippen LogP contribution in [0.3, 0.4) is 0 Å². The Bertz CT molecular complexity index is 487. The standard InChI is InChI=1S/C14H19N3O2/c1-16-13(10-4-3-5-12(6-10)19-2)9-17(14(16)18)11-7-15-8-11/h3-6,11,13,15H,7-9H2,1-2H3. The van der Waals surface area contributed by atoms with Crippen LogP contribution in [0.2, 0.25) is 0 Å². The summed E-state index contributed by atoms with van der Waals surface area (Å²) in [5.41, 5.74) is 1.13. The summed E-state index contributed by atoms with van der Waals surface area (Å²) in [4.78, 5) is 16.1. The lowest BCUT2D eigenvalue weighted by atomic mass is 10.1. The summed E-state index contributed by atoms with van der Waals surface area (Å²) in [7, 11) is 3.54. The van der Waals surface area contributed by atoms with Crippen LogP contribution in [-0.2, 0) is 0 Å². The Morgan fingerprint density at radius 1 is 1.37 bits per heavy atom. The maximum absolute atomic E-state index is 12.3. The lowest BCUT2D eigenvalue weighted by Gasteiger charge is -2.34. The first kappa shape index (κ1) is 12.3. The minimum Gasteiger partial charge on any atom is -0.497 e. The molecule has 2 aliphatic rings. The van der Waals surface area contributed by atoms with Gasteiger partial charge < -0.3 is 19.9 Å². The predicted octanol–water partition coefficient (Wildman–Crippen LogP) is 1.08. The molecule has 0 spiro atoms. The number of ether oxygens (including phenoxy) is 1. The van der Waals surface area contributed by atoms with Crippen molar-refractivity contribution in [2.24, 2.45) is 0 Å². The van der Waals surface area contributed by atoms with Crippen molar-refractivity contribution < 1.29 is 9.53 Å². The number of nitrogens with zero attached hydrogens (tertiary/aromatic N) is 2. The van der Waals surface area contributed by atoms with Gasteiger partial charge in [0.15, 0.2) is 0 Å². The highest BCUT2D eigenvalue weighted by Crippen LogP contribution is 2.31. The maximum atomic E-state index is 12.3. The van der Waals surface area contributed by atoms with E-state index in [-0.39, 0.29) is 12.1 Å². The molecule has 0 aliphatic carbocycles. The van der Waals surface area contributed by atoms with Gasteiger partial charge in [-0.15, -0.1) is 0 Å². The van der Waals surface area contributed by atoms with Gasteiger partial charge >= 0.3 is 6.03 Å². The van der Waals surface area contributed by atoms with Crippen LogP contribution < -0.4 is 10.1 Å². The van der Waals surface area contributed by atoms with Crippen LogP contribution in [0.15, 0.2) is 24.3 Å². The quantitative estimate of drug-likeness (QED) is 0.885. The number of benzene rings is 1. The molecule has 0 radical (unpaired) electrons. The molecule has 0 bridgehead atoms. The molecule has 2 heterocycles. The zero-order chi connectivity index (χ0) is 13.4. The lowest BCUT2D eigenvalue weighted by Crippen LogP contribution is -2.57. The third kappa shape index (κ3) is 2.04. The molecule has 1 aromatic carbocycles. The van der Waals surface area contributed by atoms with Crippen molar-refractivity contribution in [1.29, 1.82) is 0 Å². The molecule has 5 nitrogen and oxygen atoms in total. The third-order valence-electron chi connectivity index (χ3n) is 4.06. The Hall–Kier alpha value is -1.75. The van der Waals surface area contributed by atoms with E-state index in [4.69, 9.17) is 4.74 Å². The van der Waals surface area contributed by atoms with Gasteiger partial charge in [-0.3, -0.25) is 0 Å². The fourth-order valence-corrected chi connectivity index (χ4v) is 2.70. The summed E-state index contributed by atoms with van der Waals surface area (Å²) >= 11 is 0. The van der Waals surface area contributed by atoms with Crippen molar-refractivity contribution >= 4 is 6.03 Å². The van der Waals surface area contributed by atoms with Gasteiger partial charge in [-0.2, -0.15) is 0 Å². The third-order valence-corrected chi connectivity index (χ3v) is 4.06. The van der Waals surface area contributed by atoms with Crippen LogP contribution >= 0.6 is 0 Å². The average Bonchev–Trinajstić information content (AvgIpc) is 2.66. The molecule has 2 aliphatic heterocycles. The van der Waals surface area contributed by atoms with Crippen LogP contribution in [0.4, 0.5) is 4.79 Å². The Morgan fingerprint density at radius 2 is 2.16 bits per heavy atom. The van der Waals surface area contributed by atoms with Gasteiger partial charge in [0, 0.05) is 26.7 Å². The van der Waals surface area contributed by atoms with Crippen molar-refractivity contribution in [3.8, 4) is 5.75 Å². The SMILES string of the molecule is COc1cccc(C2CN(C3CNC3)C(=O)N2C)c1. The monoisotopic (exact) mass is 261 g/mol. The molecular weight excluding hydrogens is 242 g/mol. The number of rotatable bonds is 3. The average molecular weight is 261 g/mol. The van der Waals surface area contributed by atoms with E-state index in [0.717, 1.165) is 30.9 Å². The maximum Gasteiger partial charge on any atom is 0.320 e. The Kier molecular flexibility index (Phi) is 3.06. The fourth-order valence-electron chi connectivity index (χ4n) is 2.70. The first-order valence-corrected chi connectivity index (χ1v) is 6.59. The topological polar surface area (TPSA) is 44.8 Å². The van der Waals surface area contributed by atoms with E-state index in [0.29, 0.717) is 6.04 Å². The molecule has 1 N–H and O–H groups in total. The largest absolute Gasteiger partial charge is 0.497 e. The Morgan fingerprint density at radius 3 is 2.79 bits per heavy atom. The molecule has 5 heteroatoms. The number of hydrogen-bond donors (Lipinski definition) is 1. The van der Waals surface area contributed by atoms with Gasteiger partial charge in [0.05, 0.1) is 19.2 Å². The van der Waals surface area contributed by atoms with E-state index in [1.54, 1.807) is 7.11 Å². The number of urea groups is 1. The summed E-state index contributed by atoms with van der Waals surface area (Å²) in [5.74, 6) is 0.835. The van der Waals surface area contributed by atoms with Crippen LogP contribution in [-0.4, -0.2) is 55.7 Å². The molecule has 2 fully saturated rings. The smallest absolute Gasteiger partial charge is 0.320 e. The molecule has 1 atom stereocenters. The highest BCUT2D eigenvalue weighted by molar-refractivity contribution is 5.78. The molecule has 102 valence electrons. The minimum atomic E-state index is 0.114. The number of methoxy groups -OCH3 is 1. The number of carbonyl (C=O) groups is 1. The highest BCUT2D eigenvalue weighted by Gasteiger charge is 2.40. The van der Waals surface area contributed by atoms with Gasteiger partial charge in [0.1, 0.15) is 5.75 Å². The number of likely N-dealkylation sites (N-methyl/N-ethyl adjacent to an activating group) is 1. The van der Waals surface area contributed by atoms with Crippen molar-refractivity contribution in [3.63, 3.8) is 0 Å². The van der Waals surface area contributed by atoms with E-state index in [9.17, 15) is 4.79 Å². The van der Waals surface area contributed by atoms with Crippen LogP contribution in [0.1, 0.15) is 11.6 Å². The first-order valence-electron chi connectivity index (χ1n) is 6.59. The zero-order valence-electron chi connectivity index (χ0n) is 11.3. The second-order valence-corrected chi connectivity index (χ2v) is 5.15. The fraction of sp³-hybridized carbons (Fsp3) is 0.500. The molecule has 2 saturated heterocycles. The number of hydrogen-bond acceptors (Lipinski definition) is 3. The van der Waals surface area contributed by atoms with Crippen LogP contribution in [0, 0.1) is 0 Å². The van der Waals surface area contributed by atoms with Crippen molar-refractivity contribution in [2.45, 2.75) is 12.1 Å². The highest BCUT2D eigenvalue weighted by atomic mass is 16.5. The second-order valence-electron chi connectivity index (χ2n) is 5.15. The molecule has 1 unspecified atom stereocenters. The first-order chi connectivity index (χ1) is 9.20. The Balaban J connectivity index is 1.82. The summed E-state index contributed by atoms with van der Waals surface area (Å²) < 4.78 is 5.26. The van der Waals surface area contributed by atoms with Gasteiger partial charge in [-0.25, -0.2) is 4.79 Å². The lowest BCUT2D eigenvalue weighted by molar-refractivity contribution is 0.162. The number of nitrogens with one attached hydrogen (secondary N) is 1. The summed E-state index contributed by atoms with van der Waals surface area (Å²) in [6, 6.07) is 8.55. The van der Waals surface area contributed by atoms with Crippen molar-refractivity contribution in [1.82, 2.24) is 15.1 Å². The van der Waals surface area contributed by atoms with Crippen molar-refractivity contribution in [3.05, 3.63) is 29.8 Å². The molecule has 19 heavy (non-hydrogen) atoms. The van der Waals surface area contributed by atoms with E-state index >= 15 is 0 Å². The van der Waals surface area contributed by atoms with E-state index < -0.39 is 0 Å². The minimum absolute atomic E-state index is 0.114. The number of amides is 2. The molecule has 0 aromatic heterocycles. The second kappa shape index (κ2) is 4.74. The van der Waals surface area contributed by atoms with Gasteiger partial charge in [0.2, 0.25) is 0 Å².